The van der Waals surface area contributed by atoms with Gasteiger partial charge >= 0.3 is 0 Å². The molecule has 0 fully saturated rings. The predicted octanol–water partition coefficient (Wildman–Crippen LogP) is 5.04. The molecule has 3 rings (SSSR count). The molecule has 0 unspecified atom stereocenters. The Morgan fingerprint density at radius 1 is 0.706 bits per heavy atom. The fourth-order valence-electron chi connectivity index (χ4n) is 3.53. The van der Waals surface area contributed by atoms with Gasteiger partial charge in [0, 0.05) is 5.39 Å². The molecular formula is C28H34N2O4. The Morgan fingerprint density at radius 3 is 1.91 bits per heavy atom. The molecule has 34 heavy (non-hydrogen) atoms. The second kappa shape index (κ2) is 10.2. The first-order valence-corrected chi connectivity index (χ1v) is 11.4. The van der Waals surface area contributed by atoms with Crippen LogP contribution in [0, 0.1) is 0 Å². The number of hydrogen-bond acceptors (Lipinski definition) is 4. The molecule has 0 bridgehead atoms. The van der Waals surface area contributed by atoms with Gasteiger partial charge in [-0.2, -0.15) is 0 Å². The Hall–Kier alpha value is -3.54. The number of benzene rings is 3. The maximum atomic E-state index is 12.3. The summed E-state index contributed by atoms with van der Waals surface area (Å²) < 4.78 is 11.4. The van der Waals surface area contributed by atoms with Gasteiger partial charge in [0.2, 0.25) is 0 Å². The molecule has 180 valence electrons. The minimum atomic E-state index is -0.466. The number of nitrogens with one attached hydrogen (secondary N) is 2. The molecule has 0 heterocycles. The van der Waals surface area contributed by atoms with E-state index in [9.17, 15) is 9.59 Å². The van der Waals surface area contributed by atoms with Crippen molar-refractivity contribution in [3.63, 3.8) is 0 Å². The van der Waals surface area contributed by atoms with E-state index in [4.69, 9.17) is 9.47 Å². The Morgan fingerprint density at radius 2 is 1.29 bits per heavy atom. The number of carbonyl (C=O) groups is 2. The maximum absolute atomic E-state index is 12.3. The van der Waals surface area contributed by atoms with Crippen LogP contribution in [0.25, 0.3) is 10.8 Å². The second-order valence-electron chi connectivity index (χ2n) is 10.4. The molecule has 0 saturated carbocycles. The van der Waals surface area contributed by atoms with Gasteiger partial charge in [0.25, 0.3) is 11.8 Å². The van der Waals surface area contributed by atoms with Gasteiger partial charge in [0.1, 0.15) is 11.5 Å². The van der Waals surface area contributed by atoms with E-state index >= 15 is 0 Å². The SMILES string of the molecule is CC(C)(C)c1ccc(OCC(=O)NNC(=O)COc2cccc3ccccc23)c(C(C)(C)C)c1. The van der Waals surface area contributed by atoms with E-state index in [0.29, 0.717) is 11.5 Å². The van der Waals surface area contributed by atoms with E-state index in [-0.39, 0.29) is 24.0 Å². The number of hydrogen-bond donors (Lipinski definition) is 2. The molecule has 2 N–H and O–H groups in total. The molecular weight excluding hydrogens is 428 g/mol. The number of rotatable bonds is 6. The Bertz CT molecular complexity index is 1170. The highest BCUT2D eigenvalue weighted by Gasteiger charge is 2.23. The summed E-state index contributed by atoms with van der Waals surface area (Å²) in [5, 5.41) is 1.94. The van der Waals surface area contributed by atoms with Crippen molar-refractivity contribution in [2.24, 2.45) is 0 Å². The van der Waals surface area contributed by atoms with Crippen molar-refractivity contribution < 1.29 is 19.1 Å². The number of ether oxygens (including phenoxy) is 2. The average molecular weight is 463 g/mol. The summed E-state index contributed by atoms with van der Waals surface area (Å²) in [5.41, 5.74) is 6.83. The zero-order valence-electron chi connectivity index (χ0n) is 20.8. The maximum Gasteiger partial charge on any atom is 0.276 e. The second-order valence-corrected chi connectivity index (χ2v) is 10.4. The molecule has 0 saturated heterocycles. The van der Waals surface area contributed by atoms with Crippen LogP contribution in [0.5, 0.6) is 11.5 Å². The molecule has 0 radical (unpaired) electrons. The largest absolute Gasteiger partial charge is 0.483 e. The van der Waals surface area contributed by atoms with E-state index in [1.807, 2.05) is 48.5 Å². The highest BCUT2D eigenvalue weighted by atomic mass is 16.5. The van der Waals surface area contributed by atoms with Gasteiger partial charge in [-0.3, -0.25) is 20.4 Å². The first-order valence-electron chi connectivity index (χ1n) is 11.4. The predicted molar refractivity (Wildman–Crippen MR) is 135 cm³/mol. The quantitative estimate of drug-likeness (QED) is 0.503. The fraction of sp³-hybridized carbons (Fsp3) is 0.357. The van der Waals surface area contributed by atoms with Gasteiger partial charge < -0.3 is 9.47 Å². The molecule has 6 heteroatoms. The average Bonchev–Trinajstić information content (AvgIpc) is 2.78. The van der Waals surface area contributed by atoms with Crippen LogP contribution in [0.4, 0.5) is 0 Å². The van der Waals surface area contributed by atoms with Crippen molar-refractivity contribution >= 4 is 22.6 Å². The van der Waals surface area contributed by atoms with Crippen LogP contribution in [0.15, 0.2) is 60.7 Å². The lowest BCUT2D eigenvalue weighted by Crippen LogP contribution is -2.45. The van der Waals surface area contributed by atoms with Crippen molar-refractivity contribution in [1.29, 1.82) is 0 Å². The van der Waals surface area contributed by atoms with Gasteiger partial charge in [-0.1, -0.05) is 90.1 Å². The number of amides is 2. The topological polar surface area (TPSA) is 76.7 Å². The van der Waals surface area contributed by atoms with E-state index in [2.05, 4.69) is 58.5 Å². The van der Waals surface area contributed by atoms with Crippen molar-refractivity contribution in [1.82, 2.24) is 10.9 Å². The lowest BCUT2D eigenvalue weighted by molar-refractivity contribution is -0.131. The number of carbonyl (C=O) groups excluding carboxylic acids is 2. The van der Waals surface area contributed by atoms with E-state index in [1.165, 1.54) is 5.56 Å². The van der Waals surface area contributed by atoms with Crippen molar-refractivity contribution in [3.8, 4) is 11.5 Å². The molecule has 3 aromatic carbocycles. The van der Waals surface area contributed by atoms with Gasteiger partial charge in [-0.15, -0.1) is 0 Å². The standard InChI is InChI=1S/C28H34N2O4/c1-27(2,3)20-14-15-24(22(16-20)28(4,5)6)34-18-26(32)30-29-25(31)17-33-23-13-9-11-19-10-7-8-12-21(19)23/h7-16H,17-18H2,1-6H3,(H,29,31)(H,30,32). The fourth-order valence-corrected chi connectivity index (χ4v) is 3.53. The molecule has 0 aliphatic rings. The molecule has 6 nitrogen and oxygen atoms in total. The Kier molecular flexibility index (Phi) is 7.50. The van der Waals surface area contributed by atoms with Crippen LogP contribution in [0.1, 0.15) is 52.7 Å². The third-order valence-corrected chi connectivity index (χ3v) is 5.46. The minimum Gasteiger partial charge on any atom is -0.483 e. The van der Waals surface area contributed by atoms with Gasteiger partial charge in [0.05, 0.1) is 0 Å². The van der Waals surface area contributed by atoms with E-state index < -0.39 is 11.8 Å². The lowest BCUT2D eigenvalue weighted by atomic mass is 9.80. The zero-order chi connectivity index (χ0) is 24.9. The highest BCUT2D eigenvalue weighted by molar-refractivity contribution is 5.89. The van der Waals surface area contributed by atoms with Crippen LogP contribution >= 0.6 is 0 Å². The smallest absolute Gasteiger partial charge is 0.276 e. The Balaban J connectivity index is 1.53. The monoisotopic (exact) mass is 462 g/mol. The lowest BCUT2D eigenvalue weighted by Gasteiger charge is -2.27. The summed E-state index contributed by atoms with van der Waals surface area (Å²) in [5.74, 6) is 0.335. The van der Waals surface area contributed by atoms with Crippen LogP contribution < -0.4 is 20.3 Å². The first-order chi connectivity index (χ1) is 15.9. The van der Waals surface area contributed by atoms with Crippen LogP contribution in [0.2, 0.25) is 0 Å². The molecule has 3 aromatic rings. The van der Waals surface area contributed by atoms with Gasteiger partial charge in [-0.05, 0) is 39.5 Å². The van der Waals surface area contributed by atoms with Crippen LogP contribution in [0.3, 0.4) is 0 Å². The molecule has 0 aromatic heterocycles. The molecule has 0 aliphatic carbocycles. The highest BCUT2D eigenvalue weighted by Crippen LogP contribution is 2.35. The number of hydrazine groups is 1. The zero-order valence-corrected chi connectivity index (χ0v) is 20.8. The summed E-state index contributed by atoms with van der Waals surface area (Å²) in [6.45, 7) is 12.4. The summed E-state index contributed by atoms with van der Waals surface area (Å²) in [6.07, 6.45) is 0. The molecule has 0 atom stereocenters. The Labute approximate surface area is 201 Å². The minimum absolute atomic E-state index is 0.00823. The number of fused-ring (bicyclic) bond motifs is 1. The molecule has 0 spiro atoms. The third kappa shape index (κ3) is 6.50. The first kappa shape index (κ1) is 25.1. The van der Waals surface area contributed by atoms with Crippen molar-refractivity contribution in [2.45, 2.75) is 52.4 Å². The van der Waals surface area contributed by atoms with Crippen LogP contribution in [-0.2, 0) is 20.4 Å². The van der Waals surface area contributed by atoms with Crippen LogP contribution in [-0.4, -0.2) is 25.0 Å². The summed E-state index contributed by atoms with van der Waals surface area (Å²) in [4.78, 5) is 24.4. The normalized spacial score (nSPS) is 11.7. The molecule has 2 amide bonds. The third-order valence-electron chi connectivity index (χ3n) is 5.46. The van der Waals surface area contributed by atoms with Crippen molar-refractivity contribution in [2.75, 3.05) is 13.2 Å². The summed E-state index contributed by atoms with van der Waals surface area (Å²) in [6, 6.07) is 19.5. The van der Waals surface area contributed by atoms with Gasteiger partial charge in [-0.25, -0.2) is 0 Å². The molecule has 0 aliphatic heterocycles. The summed E-state index contributed by atoms with van der Waals surface area (Å²) >= 11 is 0. The van der Waals surface area contributed by atoms with Crippen molar-refractivity contribution in [3.05, 3.63) is 71.8 Å². The van der Waals surface area contributed by atoms with E-state index in [0.717, 1.165) is 16.3 Å². The van der Waals surface area contributed by atoms with Gasteiger partial charge in [0.15, 0.2) is 13.2 Å². The van der Waals surface area contributed by atoms with E-state index in [1.54, 1.807) is 6.07 Å². The summed E-state index contributed by atoms with van der Waals surface area (Å²) in [7, 11) is 0.